The Labute approximate surface area is 112 Å². The fourth-order valence-electron chi connectivity index (χ4n) is 1.38. The minimum atomic E-state index is -0.853. The molecule has 2 aromatic carbocycles. The molecule has 0 aliphatic rings. The third-order valence-corrected chi connectivity index (χ3v) is 3.14. The van der Waals surface area contributed by atoms with Gasteiger partial charge in [0.1, 0.15) is 12.4 Å². The van der Waals surface area contributed by atoms with Crippen molar-refractivity contribution in [3.63, 3.8) is 0 Å². The zero-order valence-corrected chi connectivity index (χ0v) is 10.9. The molecule has 0 amide bonds. The Balaban J connectivity index is 2.13. The molecule has 2 aromatic rings. The molecule has 0 aliphatic heterocycles. The van der Waals surface area contributed by atoms with Crippen molar-refractivity contribution in [2.75, 3.05) is 0 Å². The molecule has 0 saturated heterocycles. The quantitative estimate of drug-likeness (QED) is 0.759. The molecule has 0 unspecified atom stereocenters. The molecule has 0 spiro atoms. The molecule has 0 atom stereocenters. The molecule has 0 N–H and O–H groups in total. The van der Waals surface area contributed by atoms with Gasteiger partial charge in [0, 0.05) is 5.56 Å². The predicted octanol–water partition coefficient (Wildman–Crippen LogP) is 4.15. The van der Waals surface area contributed by atoms with Crippen LogP contribution < -0.4 is 4.74 Å². The van der Waals surface area contributed by atoms with Gasteiger partial charge in [-0.25, -0.2) is 8.78 Å². The lowest BCUT2D eigenvalue weighted by Crippen LogP contribution is -2.01. The normalized spacial score (nSPS) is 10.3. The Morgan fingerprint density at radius 2 is 1.76 bits per heavy atom. The summed E-state index contributed by atoms with van der Waals surface area (Å²) in [5, 5.41) is 0. The van der Waals surface area contributed by atoms with Gasteiger partial charge in [-0.1, -0.05) is 24.3 Å². The number of hydrogen-bond acceptors (Lipinski definition) is 1. The summed E-state index contributed by atoms with van der Waals surface area (Å²) >= 11 is 2.13. The summed E-state index contributed by atoms with van der Waals surface area (Å²) in [4.78, 5) is 0. The van der Waals surface area contributed by atoms with Crippen molar-refractivity contribution in [3.8, 4) is 5.75 Å². The van der Waals surface area contributed by atoms with Crippen molar-refractivity contribution in [1.82, 2.24) is 0 Å². The van der Waals surface area contributed by atoms with E-state index in [4.69, 9.17) is 4.74 Å². The van der Waals surface area contributed by atoms with Crippen molar-refractivity contribution < 1.29 is 13.5 Å². The molecule has 0 saturated carbocycles. The molecular formula is C13H9F2IO. The first-order chi connectivity index (χ1) is 8.18. The van der Waals surface area contributed by atoms with Gasteiger partial charge in [-0.2, -0.15) is 0 Å². The Morgan fingerprint density at radius 3 is 2.53 bits per heavy atom. The second kappa shape index (κ2) is 5.44. The van der Waals surface area contributed by atoms with E-state index in [-0.39, 0.29) is 12.2 Å². The molecule has 0 fully saturated rings. The molecule has 0 heterocycles. The van der Waals surface area contributed by atoms with Crippen LogP contribution in [0, 0.1) is 15.2 Å². The lowest BCUT2D eigenvalue weighted by Gasteiger charge is -2.08. The van der Waals surface area contributed by atoms with Gasteiger partial charge >= 0.3 is 0 Å². The smallest absolute Gasteiger partial charge is 0.165 e. The Hall–Kier alpha value is -1.17. The monoisotopic (exact) mass is 346 g/mol. The first-order valence-corrected chi connectivity index (χ1v) is 6.06. The van der Waals surface area contributed by atoms with Crippen molar-refractivity contribution in [1.29, 1.82) is 0 Å². The first-order valence-electron chi connectivity index (χ1n) is 4.98. The highest BCUT2D eigenvalue weighted by Crippen LogP contribution is 2.21. The SMILES string of the molecule is Fc1cccc(COc2ccccc2I)c1F. The Kier molecular flexibility index (Phi) is 3.93. The average Bonchev–Trinajstić information content (AvgIpc) is 2.33. The molecule has 1 nitrogen and oxygen atoms in total. The number of rotatable bonds is 3. The largest absolute Gasteiger partial charge is 0.488 e. The predicted molar refractivity (Wildman–Crippen MR) is 69.8 cm³/mol. The molecule has 17 heavy (non-hydrogen) atoms. The van der Waals surface area contributed by atoms with Crippen LogP contribution in [0.5, 0.6) is 5.75 Å². The van der Waals surface area contributed by atoms with Crippen LogP contribution in [0.25, 0.3) is 0 Å². The van der Waals surface area contributed by atoms with E-state index in [0.29, 0.717) is 5.75 Å². The molecule has 88 valence electrons. The summed E-state index contributed by atoms with van der Waals surface area (Å²) in [5.41, 5.74) is 0.213. The van der Waals surface area contributed by atoms with Crippen molar-refractivity contribution in [2.24, 2.45) is 0 Å². The summed E-state index contributed by atoms with van der Waals surface area (Å²) in [5.74, 6) is -1.04. The minimum Gasteiger partial charge on any atom is -0.488 e. The van der Waals surface area contributed by atoms with E-state index < -0.39 is 11.6 Å². The number of para-hydroxylation sites is 1. The van der Waals surface area contributed by atoms with Crippen LogP contribution in [0.2, 0.25) is 0 Å². The summed E-state index contributed by atoms with van der Waals surface area (Å²) in [6.45, 7) is 0.0175. The Morgan fingerprint density at radius 1 is 1.00 bits per heavy atom. The molecule has 0 radical (unpaired) electrons. The van der Waals surface area contributed by atoms with Crippen molar-refractivity contribution >= 4 is 22.6 Å². The second-order valence-corrected chi connectivity index (χ2v) is 4.59. The van der Waals surface area contributed by atoms with E-state index in [2.05, 4.69) is 22.6 Å². The molecular weight excluding hydrogens is 337 g/mol. The van der Waals surface area contributed by atoms with Crippen LogP contribution in [0.1, 0.15) is 5.56 Å². The van der Waals surface area contributed by atoms with E-state index in [0.717, 1.165) is 9.64 Å². The highest BCUT2D eigenvalue weighted by atomic mass is 127. The summed E-state index contributed by atoms with van der Waals surface area (Å²) in [6, 6.07) is 11.5. The third kappa shape index (κ3) is 2.94. The number of ether oxygens (including phenoxy) is 1. The molecule has 0 bridgehead atoms. The van der Waals surface area contributed by atoms with Gasteiger partial charge in [-0.05, 0) is 40.8 Å². The molecule has 0 aliphatic carbocycles. The van der Waals surface area contributed by atoms with Crippen LogP contribution >= 0.6 is 22.6 Å². The highest BCUT2D eigenvalue weighted by molar-refractivity contribution is 14.1. The lowest BCUT2D eigenvalue weighted by molar-refractivity contribution is 0.295. The fourth-order valence-corrected chi connectivity index (χ4v) is 1.92. The number of hydrogen-bond donors (Lipinski definition) is 0. The third-order valence-electron chi connectivity index (χ3n) is 2.25. The number of benzene rings is 2. The maximum atomic E-state index is 13.3. The zero-order chi connectivity index (χ0) is 12.3. The average molecular weight is 346 g/mol. The topological polar surface area (TPSA) is 9.23 Å². The Bertz CT molecular complexity index is 529. The van der Waals surface area contributed by atoms with Crippen LogP contribution in [-0.4, -0.2) is 0 Å². The van der Waals surface area contributed by atoms with E-state index in [1.807, 2.05) is 18.2 Å². The maximum Gasteiger partial charge on any atom is 0.165 e. The van der Waals surface area contributed by atoms with Crippen LogP contribution in [-0.2, 0) is 6.61 Å². The van der Waals surface area contributed by atoms with E-state index in [9.17, 15) is 8.78 Å². The van der Waals surface area contributed by atoms with E-state index in [1.54, 1.807) is 6.07 Å². The van der Waals surface area contributed by atoms with E-state index in [1.165, 1.54) is 12.1 Å². The molecule has 2 rings (SSSR count). The summed E-state index contributed by atoms with van der Waals surface area (Å²) in [7, 11) is 0. The molecule has 4 heteroatoms. The van der Waals surface area contributed by atoms with Crippen LogP contribution in [0.4, 0.5) is 8.78 Å². The van der Waals surface area contributed by atoms with Gasteiger partial charge in [-0.15, -0.1) is 0 Å². The zero-order valence-electron chi connectivity index (χ0n) is 8.79. The highest BCUT2D eigenvalue weighted by Gasteiger charge is 2.08. The minimum absolute atomic E-state index is 0.0175. The van der Waals surface area contributed by atoms with Crippen LogP contribution in [0.15, 0.2) is 42.5 Å². The molecule has 0 aromatic heterocycles. The van der Waals surface area contributed by atoms with Gasteiger partial charge in [-0.3, -0.25) is 0 Å². The van der Waals surface area contributed by atoms with Crippen molar-refractivity contribution in [3.05, 3.63) is 63.2 Å². The standard InChI is InChI=1S/C13H9F2IO/c14-10-5-3-4-9(13(10)15)8-17-12-7-2-1-6-11(12)16/h1-7H,8H2. The fraction of sp³-hybridized carbons (Fsp3) is 0.0769. The van der Waals surface area contributed by atoms with Crippen LogP contribution in [0.3, 0.4) is 0 Å². The summed E-state index contributed by atoms with van der Waals surface area (Å²) in [6.07, 6.45) is 0. The summed E-state index contributed by atoms with van der Waals surface area (Å²) < 4.78 is 32.7. The van der Waals surface area contributed by atoms with Crippen molar-refractivity contribution in [2.45, 2.75) is 6.61 Å². The van der Waals surface area contributed by atoms with Gasteiger partial charge in [0.2, 0.25) is 0 Å². The van der Waals surface area contributed by atoms with Gasteiger partial charge < -0.3 is 4.74 Å². The van der Waals surface area contributed by atoms with E-state index >= 15 is 0 Å². The van der Waals surface area contributed by atoms with Gasteiger partial charge in [0.05, 0.1) is 3.57 Å². The first kappa shape index (κ1) is 12.3. The van der Waals surface area contributed by atoms with Gasteiger partial charge in [0.25, 0.3) is 0 Å². The second-order valence-electron chi connectivity index (χ2n) is 3.43. The lowest BCUT2D eigenvalue weighted by atomic mass is 10.2. The number of halogens is 3. The maximum absolute atomic E-state index is 13.3. The van der Waals surface area contributed by atoms with Gasteiger partial charge in [0.15, 0.2) is 11.6 Å².